The van der Waals surface area contributed by atoms with Crippen LogP contribution in [0.2, 0.25) is 0 Å². The highest BCUT2D eigenvalue weighted by molar-refractivity contribution is 7.45. The number of quaternary nitrogens is 1. The van der Waals surface area contributed by atoms with Gasteiger partial charge in [-0.25, -0.2) is 0 Å². The van der Waals surface area contributed by atoms with Crippen molar-refractivity contribution in [1.29, 1.82) is 0 Å². The number of aliphatic hydroxyl groups is 1. The van der Waals surface area contributed by atoms with Crippen molar-refractivity contribution in [2.75, 3.05) is 40.9 Å². The van der Waals surface area contributed by atoms with E-state index in [0.717, 1.165) is 77.0 Å². The number of phosphoric acid groups is 1. The van der Waals surface area contributed by atoms with Crippen LogP contribution in [0.15, 0.2) is 97.2 Å². The van der Waals surface area contributed by atoms with Crippen LogP contribution in [-0.2, 0) is 18.4 Å². The highest BCUT2D eigenvalue weighted by Crippen LogP contribution is 2.38. The molecule has 0 radical (unpaired) electrons. The second-order valence-electron chi connectivity index (χ2n) is 28.4. The number of phosphoric ester groups is 1. The number of rotatable bonds is 74. The number of unbranched alkanes of at least 4 members (excludes halogenated alkanes) is 47. The number of nitrogens with one attached hydrogen (secondary N) is 1. The number of nitrogens with zero attached hydrogens (tertiary/aromatic N) is 1. The average molecular weight is 1320 g/mol. The molecule has 1 amide bonds. The van der Waals surface area contributed by atoms with Crippen molar-refractivity contribution in [3.05, 3.63) is 97.2 Å². The fourth-order valence-corrected chi connectivity index (χ4v) is 12.6. The Balaban J connectivity index is 4.01. The minimum atomic E-state index is -4.62. The Morgan fingerprint density at radius 1 is 0.387 bits per heavy atom. The number of carbonyl (C=O) groups excluding carboxylic acids is 1. The molecule has 0 spiro atoms. The molecule has 0 saturated carbocycles. The predicted molar refractivity (Wildman–Crippen MR) is 408 cm³/mol. The molecule has 0 fully saturated rings. The summed E-state index contributed by atoms with van der Waals surface area (Å²) >= 11 is 0. The maximum Gasteiger partial charge on any atom is 0.268 e. The first kappa shape index (κ1) is 90.4. The number of hydrogen-bond acceptors (Lipinski definition) is 6. The summed E-state index contributed by atoms with van der Waals surface area (Å²) in [5.41, 5.74) is 0. The fourth-order valence-electron chi connectivity index (χ4n) is 11.9. The molecular weight excluding hydrogens is 1160 g/mol. The van der Waals surface area contributed by atoms with Gasteiger partial charge in [-0.3, -0.25) is 9.36 Å². The van der Waals surface area contributed by atoms with Gasteiger partial charge in [-0.05, 0) is 89.9 Å². The highest BCUT2D eigenvalue weighted by Gasteiger charge is 2.23. The largest absolute Gasteiger partial charge is 0.756 e. The normalized spacial score (nSPS) is 14.0. The molecule has 0 aromatic rings. The minimum absolute atomic E-state index is 0.0100. The summed E-state index contributed by atoms with van der Waals surface area (Å²) in [6.07, 6.45) is 107. The Hall–Kier alpha value is -2.58. The van der Waals surface area contributed by atoms with Gasteiger partial charge in [-0.1, -0.05) is 381 Å². The lowest BCUT2D eigenvalue weighted by atomic mass is 10.0. The van der Waals surface area contributed by atoms with Crippen molar-refractivity contribution >= 4 is 13.7 Å². The molecule has 93 heavy (non-hydrogen) atoms. The number of allylic oxidation sites excluding steroid dienone is 15. The number of amides is 1. The van der Waals surface area contributed by atoms with Gasteiger partial charge in [0.2, 0.25) is 5.91 Å². The third-order valence-corrected chi connectivity index (χ3v) is 19.0. The number of hydrogen-bond donors (Lipinski definition) is 2. The summed E-state index contributed by atoms with van der Waals surface area (Å²) in [6, 6.07) is -0.915. The van der Waals surface area contributed by atoms with E-state index in [1.54, 1.807) is 6.08 Å². The summed E-state index contributed by atoms with van der Waals surface area (Å²) in [7, 11) is 1.24. The molecule has 0 bridgehead atoms. The Bertz CT molecular complexity index is 1840. The molecule has 3 atom stereocenters. The van der Waals surface area contributed by atoms with Gasteiger partial charge >= 0.3 is 0 Å². The van der Waals surface area contributed by atoms with Crippen LogP contribution in [0.5, 0.6) is 0 Å². The van der Waals surface area contributed by atoms with E-state index in [4.69, 9.17) is 9.05 Å². The van der Waals surface area contributed by atoms with Crippen molar-refractivity contribution in [2.45, 2.75) is 392 Å². The lowest BCUT2D eigenvalue weighted by Crippen LogP contribution is -2.45. The maximum absolute atomic E-state index is 13.1. The van der Waals surface area contributed by atoms with Crippen LogP contribution in [0.25, 0.3) is 0 Å². The maximum atomic E-state index is 13.1. The highest BCUT2D eigenvalue weighted by atomic mass is 31.2. The monoisotopic (exact) mass is 1320 g/mol. The molecule has 0 aliphatic carbocycles. The van der Waals surface area contributed by atoms with Crippen LogP contribution in [0, 0.1) is 0 Å². The Morgan fingerprint density at radius 2 is 0.667 bits per heavy atom. The zero-order valence-electron chi connectivity index (χ0n) is 62.2. The van der Waals surface area contributed by atoms with Crippen molar-refractivity contribution in [3.63, 3.8) is 0 Å². The van der Waals surface area contributed by atoms with Crippen molar-refractivity contribution in [1.82, 2.24) is 5.32 Å². The minimum Gasteiger partial charge on any atom is -0.756 e. The molecule has 0 rings (SSSR count). The lowest BCUT2D eigenvalue weighted by molar-refractivity contribution is -0.870. The first-order valence-electron chi connectivity index (χ1n) is 40.1. The molecule has 542 valence electrons. The molecule has 9 heteroatoms. The first-order valence-corrected chi connectivity index (χ1v) is 41.6. The van der Waals surface area contributed by atoms with E-state index >= 15 is 0 Å². The van der Waals surface area contributed by atoms with Crippen LogP contribution < -0.4 is 10.2 Å². The number of likely N-dealkylation sites (N-methyl/N-ethyl adjacent to an activating group) is 1. The standard InChI is InChI=1S/C84H155N2O6P/c1-6-8-10-12-14-16-18-20-22-24-26-28-30-32-34-36-38-40-41-42-43-44-45-46-48-50-52-54-56-58-60-62-64-66-68-70-72-74-76-78-84(88)85-82(81-92-93(89,90)91-80-79-86(3,4)5)83(87)77-75-73-71-69-67-65-63-61-59-57-55-53-51-49-47-39-37-35-33-31-29-27-25-23-21-19-17-15-13-11-9-7-2/h8,10,14,16,20,22,26,28,32,34,59,61,67,69,75,77,82-83,87H,6-7,9,11-13,15,17-19,21,23-25,27,29-31,33,35-58,60,62-66,68,70-74,76,78-81H2,1-5H3,(H-,85,88,89,90)/b10-8-,16-14-,22-20-,28-26-,34-32-,61-59+,69-67+,77-75+. The summed E-state index contributed by atoms with van der Waals surface area (Å²) in [5.74, 6) is -0.206. The number of aliphatic hydroxyl groups excluding tert-OH is 1. The Morgan fingerprint density at radius 3 is 1.00 bits per heavy atom. The smallest absolute Gasteiger partial charge is 0.268 e. The molecule has 0 heterocycles. The van der Waals surface area contributed by atoms with Gasteiger partial charge in [0.05, 0.1) is 39.9 Å². The van der Waals surface area contributed by atoms with E-state index in [0.29, 0.717) is 17.4 Å². The van der Waals surface area contributed by atoms with Gasteiger partial charge in [0.1, 0.15) is 13.2 Å². The van der Waals surface area contributed by atoms with Gasteiger partial charge in [0, 0.05) is 6.42 Å². The Kier molecular flexibility index (Phi) is 71.6. The molecular formula is C84H155N2O6P. The molecule has 0 aromatic carbocycles. The topological polar surface area (TPSA) is 108 Å². The molecule has 2 N–H and O–H groups in total. The number of carbonyl (C=O) groups is 1. The SMILES string of the molecule is CC/C=C\C/C=C\C/C=C\C/C=C\C/C=C\CCCCCCCCCCCCCCCCCCCCCCCCCC(=O)NC(COP(=O)([O-])OCC[N+](C)(C)C)C(O)/C=C/CC/C=C/CC/C=C/CCCCCCCCCCCCCCCCCCCCCCCC. The zero-order valence-corrected chi connectivity index (χ0v) is 63.1. The van der Waals surface area contributed by atoms with E-state index < -0.39 is 26.6 Å². The molecule has 0 saturated heterocycles. The van der Waals surface area contributed by atoms with E-state index in [2.05, 4.69) is 104 Å². The molecule has 0 aliphatic heterocycles. The Labute approximate surface area is 579 Å². The van der Waals surface area contributed by atoms with Gasteiger partial charge in [0.25, 0.3) is 7.82 Å². The van der Waals surface area contributed by atoms with E-state index in [9.17, 15) is 19.4 Å². The quantitative estimate of drug-likeness (QED) is 0.0272. The zero-order chi connectivity index (χ0) is 67.6. The van der Waals surface area contributed by atoms with Gasteiger partial charge in [-0.2, -0.15) is 0 Å². The van der Waals surface area contributed by atoms with Crippen LogP contribution >= 0.6 is 7.82 Å². The second-order valence-corrected chi connectivity index (χ2v) is 29.8. The third kappa shape index (κ3) is 76.7. The van der Waals surface area contributed by atoms with Crippen LogP contribution in [-0.4, -0.2) is 68.5 Å². The average Bonchev–Trinajstić information content (AvgIpc) is 1.94. The van der Waals surface area contributed by atoms with Gasteiger partial charge in [0.15, 0.2) is 0 Å². The fraction of sp³-hybridized carbons (Fsp3) is 0.798. The van der Waals surface area contributed by atoms with Gasteiger partial charge < -0.3 is 28.8 Å². The first-order chi connectivity index (χ1) is 45.5. The molecule has 8 nitrogen and oxygen atoms in total. The van der Waals surface area contributed by atoms with Crippen molar-refractivity contribution in [2.24, 2.45) is 0 Å². The summed E-state index contributed by atoms with van der Waals surface area (Å²) in [6.45, 7) is 4.55. The third-order valence-electron chi connectivity index (χ3n) is 18.0. The molecule has 0 aromatic heterocycles. The second kappa shape index (κ2) is 73.7. The molecule has 3 unspecified atom stereocenters. The van der Waals surface area contributed by atoms with E-state index in [-0.39, 0.29) is 12.5 Å². The van der Waals surface area contributed by atoms with E-state index in [1.807, 2.05) is 27.2 Å². The van der Waals surface area contributed by atoms with Crippen LogP contribution in [0.3, 0.4) is 0 Å². The lowest BCUT2D eigenvalue weighted by Gasteiger charge is -2.29. The summed E-state index contributed by atoms with van der Waals surface area (Å²) in [4.78, 5) is 25.7. The summed E-state index contributed by atoms with van der Waals surface area (Å²) in [5, 5.41) is 14.0. The predicted octanol–water partition coefficient (Wildman–Crippen LogP) is 25.8. The van der Waals surface area contributed by atoms with Crippen molar-refractivity contribution < 1.29 is 32.9 Å². The van der Waals surface area contributed by atoms with Crippen LogP contribution in [0.4, 0.5) is 0 Å². The van der Waals surface area contributed by atoms with Crippen molar-refractivity contribution in [3.8, 4) is 0 Å². The van der Waals surface area contributed by atoms with E-state index in [1.165, 1.54) is 283 Å². The summed E-state index contributed by atoms with van der Waals surface area (Å²) < 4.78 is 23.5. The molecule has 0 aliphatic rings. The van der Waals surface area contributed by atoms with Gasteiger partial charge in [-0.15, -0.1) is 0 Å². The van der Waals surface area contributed by atoms with Crippen LogP contribution in [0.1, 0.15) is 380 Å².